The lowest BCUT2D eigenvalue weighted by molar-refractivity contribution is -0.138. The molecule has 1 aliphatic heterocycles. The number of nitrogens with one attached hydrogen (secondary N) is 3. The summed E-state index contributed by atoms with van der Waals surface area (Å²) in [5.74, 6) is -1.50. The highest BCUT2D eigenvalue weighted by Gasteiger charge is 2.52. The standard InChI is InChI=1S/C21H19FN6O3S2/c1-2-21(13-6-4-3-5-7-13)17(30)28(19(31)24-21)27-16(29)12-32-20-26-25-18(33-20)23-15-10-8-14(22)9-11-15/h3-11H,2,12H2,1H3,(H,23,25)(H,24,31)(H,27,29). The van der Waals surface area contributed by atoms with Gasteiger partial charge in [0.1, 0.15) is 11.4 Å². The van der Waals surface area contributed by atoms with E-state index in [1.165, 1.54) is 23.5 Å². The zero-order valence-electron chi connectivity index (χ0n) is 17.4. The molecule has 1 unspecified atom stereocenters. The largest absolute Gasteiger partial charge is 0.344 e. The van der Waals surface area contributed by atoms with Crippen LogP contribution in [0.1, 0.15) is 18.9 Å². The first kappa shape index (κ1) is 22.7. The highest BCUT2D eigenvalue weighted by Crippen LogP contribution is 2.32. The van der Waals surface area contributed by atoms with Gasteiger partial charge in [0, 0.05) is 5.69 Å². The van der Waals surface area contributed by atoms with E-state index in [1.807, 2.05) is 6.07 Å². The van der Waals surface area contributed by atoms with E-state index in [1.54, 1.807) is 43.3 Å². The summed E-state index contributed by atoms with van der Waals surface area (Å²) in [7, 11) is 0. The summed E-state index contributed by atoms with van der Waals surface area (Å²) in [6.45, 7) is 1.79. The van der Waals surface area contributed by atoms with E-state index in [0.29, 0.717) is 27.1 Å². The Morgan fingerprint density at radius 2 is 1.88 bits per heavy atom. The normalized spacial score (nSPS) is 17.7. The first-order valence-electron chi connectivity index (χ1n) is 9.92. The Hall–Kier alpha value is -3.51. The Morgan fingerprint density at radius 3 is 2.58 bits per heavy atom. The van der Waals surface area contributed by atoms with Gasteiger partial charge in [0.2, 0.25) is 11.0 Å². The van der Waals surface area contributed by atoms with Gasteiger partial charge < -0.3 is 10.6 Å². The maximum atomic E-state index is 13.0. The van der Waals surface area contributed by atoms with Gasteiger partial charge in [0.25, 0.3) is 5.91 Å². The Balaban J connectivity index is 1.34. The molecule has 0 aliphatic carbocycles. The molecular formula is C21H19FN6O3S2. The predicted octanol–water partition coefficient (Wildman–Crippen LogP) is 3.40. The number of nitrogens with zero attached hydrogens (tertiary/aromatic N) is 3. The molecule has 1 atom stereocenters. The molecule has 1 saturated heterocycles. The molecule has 1 aliphatic rings. The van der Waals surface area contributed by atoms with Gasteiger partial charge in [-0.3, -0.25) is 15.0 Å². The lowest BCUT2D eigenvalue weighted by Crippen LogP contribution is -2.49. The third-order valence-electron chi connectivity index (χ3n) is 4.95. The number of anilines is 2. The number of urea groups is 1. The van der Waals surface area contributed by atoms with Gasteiger partial charge in [-0.2, -0.15) is 5.01 Å². The van der Waals surface area contributed by atoms with Crippen molar-refractivity contribution < 1.29 is 18.8 Å². The topological polar surface area (TPSA) is 116 Å². The molecule has 4 amide bonds. The molecule has 1 fully saturated rings. The fourth-order valence-corrected chi connectivity index (χ4v) is 4.86. The van der Waals surface area contributed by atoms with Crippen LogP contribution >= 0.6 is 23.1 Å². The number of halogens is 1. The minimum atomic E-state index is -1.22. The number of carbonyl (C=O) groups excluding carboxylic acids is 3. The van der Waals surface area contributed by atoms with Crippen molar-refractivity contribution in [3.63, 3.8) is 0 Å². The summed E-state index contributed by atoms with van der Waals surface area (Å²) in [6.07, 6.45) is 0.331. The van der Waals surface area contributed by atoms with Crippen LogP contribution in [-0.4, -0.2) is 38.8 Å². The fraction of sp³-hybridized carbons (Fsp3) is 0.190. The molecule has 2 heterocycles. The zero-order valence-corrected chi connectivity index (χ0v) is 19.0. The van der Waals surface area contributed by atoms with Crippen molar-refractivity contribution in [3.8, 4) is 0 Å². The van der Waals surface area contributed by atoms with Gasteiger partial charge in [-0.05, 0) is 36.2 Å². The van der Waals surface area contributed by atoms with Gasteiger partial charge in [-0.1, -0.05) is 60.4 Å². The van der Waals surface area contributed by atoms with E-state index in [0.717, 1.165) is 16.8 Å². The van der Waals surface area contributed by atoms with Crippen LogP contribution in [0.25, 0.3) is 0 Å². The highest BCUT2D eigenvalue weighted by molar-refractivity contribution is 8.01. The smallest absolute Gasteiger partial charge is 0.330 e. The number of carbonyl (C=O) groups is 3. The van der Waals surface area contributed by atoms with Gasteiger partial charge in [-0.25, -0.2) is 9.18 Å². The summed E-state index contributed by atoms with van der Waals surface area (Å²) in [6, 6.07) is 14.0. The fourth-order valence-electron chi connectivity index (χ4n) is 3.30. The van der Waals surface area contributed by atoms with Crippen LogP contribution in [0.4, 0.5) is 20.0 Å². The minimum absolute atomic E-state index is 0.0767. The third-order valence-corrected chi connectivity index (χ3v) is 6.93. The SMILES string of the molecule is CCC1(c2ccccc2)NC(=O)N(NC(=O)CSc2nnc(Nc3ccc(F)cc3)s2)C1=O. The second-order valence-electron chi connectivity index (χ2n) is 7.02. The number of rotatable bonds is 8. The molecular weight excluding hydrogens is 467 g/mol. The summed E-state index contributed by atoms with van der Waals surface area (Å²) in [5.41, 5.74) is 2.45. The van der Waals surface area contributed by atoms with Gasteiger partial charge in [0.05, 0.1) is 5.75 Å². The molecule has 0 radical (unpaired) electrons. The number of thioether (sulfide) groups is 1. The second kappa shape index (κ2) is 9.55. The van der Waals surface area contributed by atoms with Crippen molar-refractivity contribution in [2.45, 2.75) is 23.2 Å². The predicted molar refractivity (Wildman–Crippen MR) is 122 cm³/mol. The maximum absolute atomic E-state index is 13.0. The van der Waals surface area contributed by atoms with E-state index in [4.69, 9.17) is 0 Å². The highest BCUT2D eigenvalue weighted by atomic mass is 32.2. The van der Waals surface area contributed by atoms with Gasteiger partial charge in [0.15, 0.2) is 4.34 Å². The monoisotopic (exact) mass is 486 g/mol. The number of aromatic nitrogens is 2. The Kier molecular flexibility index (Phi) is 6.56. The molecule has 33 heavy (non-hydrogen) atoms. The minimum Gasteiger partial charge on any atom is -0.330 e. The number of amides is 4. The average molecular weight is 487 g/mol. The van der Waals surface area contributed by atoms with Crippen LogP contribution in [0.15, 0.2) is 58.9 Å². The van der Waals surface area contributed by atoms with Crippen LogP contribution in [0.5, 0.6) is 0 Å². The molecule has 0 bridgehead atoms. The maximum Gasteiger partial charge on any atom is 0.344 e. The molecule has 170 valence electrons. The van der Waals surface area contributed by atoms with Crippen molar-refractivity contribution in [2.75, 3.05) is 11.1 Å². The van der Waals surface area contributed by atoms with E-state index in [9.17, 15) is 18.8 Å². The Bertz CT molecular complexity index is 1170. The molecule has 12 heteroatoms. The molecule has 1 aromatic heterocycles. The zero-order chi connectivity index (χ0) is 23.4. The van der Waals surface area contributed by atoms with Crippen molar-refractivity contribution in [1.82, 2.24) is 25.9 Å². The van der Waals surface area contributed by atoms with Gasteiger partial charge in [-0.15, -0.1) is 10.2 Å². The molecule has 0 spiro atoms. The lowest BCUT2D eigenvalue weighted by atomic mass is 9.87. The second-order valence-corrected chi connectivity index (χ2v) is 9.22. The van der Waals surface area contributed by atoms with Crippen LogP contribution in [0.3, 0.4) is 0 Å². The van der Waals surface area contributed by atoms with E-state index in [-0.39, 0.29) is 11.6 Å². The van der Waals surface area contributed by atoms with E-state index >= 15 is 0 Å². The first-order valence-corrected chi connectivity index (χ1v) is 11.7. The number of hydrazine groups is 1. The summed E-state index contributed by atoms with van der Waals surface area (Å²) >= 11 is 2.33. The average Bonchev–Trinajstić information content (AvgIpc) is 3.37. The van der Waals surface area contributed by atoms with Crippen LogP contribution < -0.4 is 16.1 Å². The Labute approximate surface area is 196 Å². The van der Waals surface area contributed by atoms with Crippen molar-refractivity contribution in [1.29, 1.82) is 0 Å². The Morgan fingerprint density at radius 1 is 1.15 bits per heavy atom. The molecule has 3 aromatic rings. The molecule has 9 nitrogen and oxygen atoms in total. The van der Waals surface area contributed by atoms with Crippen molar-refractivity contribution in [3.05, 3.63) is 66.0 Å². The third kappa shape index (κ3) is 4.81. The van der Waals surface area contributed by atoms with Gasteiger partial charge >= 0.3 is 6.03 Å². The summed E-state index contributed by atoms with van der Waals surface area (Å²) in [5, 5.41) is 14.9. The van der Waals surface area contributed by atoms with Crippen molar-refractivity contribution in [2.24, 2.45) is 0 Å². The van der Waals surface area contributed by atoms with Crippen LogP contribution in [0.2, 0.25) is 0 Å². The summed E-state index contributed by atoms with van der Waals surface area (Å²) < 4.78 is 13.5. The first-order chi connectivity index (χ1) is 15.9. The van der Waals surface area contributed by atoms with Crippen LogP contribution in [0, 0.1) is 5.82 Å². The number of benzene rings is 2. The lowest BCUT2D eigenvalue weighted by Gasteiger charge is -2.25. The van der Waals surface area contributed by atoms with Crippen molar-refractivity contribution >= 4 is 51.8 Å². The number of hydrogen-bond acceptors (Lipinski definition) is 8. The quantitative estimate of drug-likeness (QED) is 0.330. The number of hydrogen-bond donors (Lipinski definition) is 3. The molecule has 3 N–H and O–H groups in total. The van der Waals surface area contributed by atoms with Crippen LogP contribution in [-0.2, 0) is 15.1 Å². The summed E-state index contributed by atoms with van der Waals surface area (Å²) in [4.78, 5) is 37.9. The number of imide groups is 1. The van der Waals surface area contributed by atoms with E-state index in [2.05, 4.69) is 26.3 Å². The molecule has 0 saturated carbocycles. The van der Waals surface area contributed by atoms with E-state index < -0.39 is 23.4 Å². The molecule has 2 aromatic carbocycles. The molecule has 4 rings (SSSR count).